The van der Waals surface area contributed by atoms with Gasteiger partial charge in [-0.2, -0.15) is 0 Å². The number of carbonyl (C=O) groups excluding carboxylic acids is 2. The number of amides is 3. The number of aliphatic hydroxyl groups is 6. The molecule has 10 N–H and O–H groups in total. The lowest BCUT2D eigenvalue weighted by atomic mass is 10.0. The number of carbonyl (C=O) groups is 3. The Balaban J connectivity index is 1.69. The van der Waals surface area contributed by atoms with E-state index in [0.717, 1.165) is 0 Å². The highest BCUT2D eigenvalue weighted by molar-refractivity contribution is 5.86. The maximum absolute atomic E-state index is 12.4. The van der Waals surface area contributed by atoms with Gasteiger partial charge in [-0.1, -0.05) is 0 Å². The summed E-state index contributed by atoms with van der Waals surface area (Å²) in [6, 6.07) is -1.27. The summed E-state index contributed by atoms with van der Waals surface area (Å²) in [4.78, 5) is 35.6. The fourth-order valence-corrected chi connectivity index (χ4v) is 3.92. The van der Waals surface area contributed by atoms with Crippen LogP contribution in [0.25, 0.3) is 0 Å². The molecule has 0 aromatic heterocycles. The van der Waals surface area contributed by atoms with Crippen LogP contribution in [-0.4, -0.2) is 147 Å². The summed E-state index contributed by atoms with van der Waals surface area (Å²) < 4.78 is 21.1. The highest BCUT2D eigenvalue weighted by Crippen LogP contribution is 2.22. The first-order valence-electron chi connectivity index (χ1n) is 12.5. The summed E-state index contributed by atoms with van der Waals surface area (Å²) in [6.45, 7) is 2.58. The molecule has 39 heavy (non-hydrogen) atoms. The number of hydrogen-bond acceptors (Lipinski definition) is 13. The van der Waals surface area contributed by atoms with Crippen LogP contribution >= 0.6 is 0 Å². The monoisotopic (exact) mass is 569 g/mol. The van der Waals surface area contributed by atoms with E-state index in [-0.39, 0.29) is 39.1 Å². The Labute approximate surface area is 224 Å². The van der Waals surface area contributed by atoms with Crippen molar-refractivity contribution in [2.24, 2.45) is 0 Å². The van der Waals surface area contributed by atoms with Crippen LogP contribution < -0.4 is 16.0 Å². The van der Waals surface area contributed by atoms with Gasteiger partial charge in [0.1, 0.15) is 42.7 Å². The van der Waals surface area contributed by atoms with E-state index < -0.39 is 85.4 Å². The van der Waals surface area contributed by atoms with Crippen molar-refractivity contribution in [1.82, 2.24) is 16.0 Å². The molecule has 2 aliphatic rings. The second-order valence-corrected chi connectivity index (χ2v) is 9.29. The van der Waals surface area contributed by atoms with E-state index in [1.165, 1.54) is 13.8 Å². The first-order chi connectivity index (χ1) is 18.3. The molecule has 2 heterocycles. The Hall–Kier alpha value is -2.19. The number of hydrogen-bond donors (Lipinski definition) is 10. The number of nitrogens with one attached hydrogen (secondary N) is 3. The van der Waals surface area contributed by atoms with Gasteiger partial charge >= 0.3 is 6.09 Å². The van der Waals surface area contributed by atoms with Gasteiger partial charge in [-0.05, 0) is 20.3 Å². The van der Waals surface area contributed by atoms with Gasteiger partial charge in [0.15, 0.2) is 12.6 Å². The van der Waals surface area contributed by atoms with Gasteiger partial charge in [-0.15, -0.1) is 0 Å². The van der Waals surface area contributed by atoms with Crippen molar-refractivity contribution in [2.45, 2.75) is 94.1 Å². The average Bonchev–Trinajstić information content (AvgIpc) is 2.89. The molecular formula is C22H39N3O14. The zero-order chi connectivity index (χ0) is 29.3. The van der Waals surface area contributed by atoms with Gasteiger partial charge < -0.3 is 70.6 Å². The number of aliphatic hydroxyl groups excluding tert-OH is 6. The second-order valence-electron chi connectivity index (χ2n) is 9.29. The van der Waals surface area contributed by atoms with Gasteiger partial charge in [-0.25, -0.2) is 4.79 Å². The van der Waals surface area contributed by atoms with Crippen molar-refractivity contribution in [2.75, 3.05) is 26.3 Å². The van der Waals surface area contributed by atoms with E-state index in [9.17, 15) is 45.0 Å². The van der Waals surface area contributed by atoms with Crippen molar-refractivity contribution in [1.29, 1.82) is 0 Å². The fourth-order valence-electron chi connectivity index (χ4n) is 3.92. The molecule has 11 atom stereocenters. The van der Waals surface area contributed by atoms with Gasteiger partial charge in [0.05, 0.1) is 25.4 Å². The number of ether oxygens (including phenoxy) is 4. The van der Waals surface area contributed by atoms with E-state index in [2.05, 4.69) is 10.6 Å². The maximum atomic E-state index is 12.4. The molecule has 0 aliphatic carbocycles. The molecule has 2 saturated heterocycles. The summed E-state index contributed by atoms with van der Waals surface area (Å²) in [5.74, 6) is -1.25. The Morgan fingerprint density at radius 3 is 1.67 bits per heavy atom. The van der Waals surface area contributed by atoms with Crippen LogP contribution in [0.1, 0.15) is 26.7 Å². The fraction of sp³-hybridized carbons (Fsp3) is 0.864. The van der Waals surface area contributed by atoms with Crippen LogP contribution in [-0.2, 0) is 28.5 Å². The molecule has 0 bridgehead atoms. The third-order valence-electron chi connectivity index (χ3n) is 6.28. The summed E-state index contributed by atoms with van der Waals surface area (Å²) >= 11 is 0. The normalized spacial score (nSPS) is 35.6. The summed E-state index contributed by atoms with van der Waals surface area (Å²) in [5, 5.41) is 74.7. The molecule has 2 aliphatic heterocycles. The third kappa shape index (κ3) is 9.75. The third-order valence-corrected chi connectivity index (χ3v) is 6.28. The highest BCUT2D eigenvalue weighted by Gasteiger charge is 2.43. The standard InChI is InChI=1S/C22H39N3O14/c1-9-13(27)15(29)17(31)20(38-9)36-7-5-23-12(26)4-3-11(25-22(34)35)19(33)24-6-8-37-21-18(32)16(30)14(28)10(2)39-21/h9-11,13-18,20-21,25,27-32H,3-8H2,1-2H3,(H,23,26)(H,24,33)(H,34,35)/t9-,10-,11-,13+,14+,15+,16+,17-,18-,20+,21+/m0/s1. The summed E-state index contributed by atoms with van der Waals surface area (Å²) in [7, 11) is 0. The maximum Gasteiger partial charge on any atom is 0.405 e. The van der Waals surface area contributed by atoms with Crippen molar-refractivity contribution < 1.29 is 69.1 Å². The molecule has 3 amide bonds. The molecule has 0 spiro atoms. The Kier molecular flexibility index (Phi) is 13.2. The quantitative estimate of drug-likeness (QED) is 0.0935. The lowest BCUT2D eigenvalue weighted by Gasteiger charge is -2.38. The number of rotatable bonds is 13. The summed E-state index contributed by atoms with van der Waals surface area (Å²) in [5.41, 5.74) is 0. The average molecular weight is 570 g/mol. The van der Waals surface area contributed by atoms with Crippen LogP contribution in [0.2, 0.25) is 0 Å². The van der Waals surface area contributed by atoms with E-state index >= 15 is 0 Å². The van der Waals surface area contributed by atoms with Crippen molar-refractivity contribution >= 4 is 17.9 Å². The van der Waals surface area contributed by atoms with Crippen LogP contribution in [0.5, 0.6) is 0 Å². The molecule has 0 saturated carbocycles. The van der Waals surface area contributed by atoms with Crippen molar-refractivity contribution in [3.63, 3.8) is 0 Å². The van der Waals surface area contributed by atoms with E-state index in [4.69, 9.17) is 24.1 Å². The summed E-state index contributed by atoms with van der Waals surface area (Å²) in [6.07, 6.45) is -14.4. The Morgan fingerprint density at radius 2 is 1.21 bits per heavy atom. The Bertz CT molecular complexity index is 806. The van der Waals surface area contributed by atoms with Crippen LogP contribution in [0.4, 0.5) is 4.79 Å². The van der Waals surface area contributed by atoms with Gasteiger partial charge in [0.25, 0.3) is 0 Å². The van der Waals surface area contributed by atoms with Gasteiger partial charge in [0, 0.05) is 19.5 Å². The molecule has 0 unspecified atom stereocenters. The van der Waals surface area contributed by atoms with E-state index in [1.807, 2.05) is 5.32 Å². The lowest BCUT2D eigenvalue weighted by molar-refractivity contribution is -0.292. The van der Waals surface area contributed by atoms with E-state index in [1.54, 1.807) is 0 Å². The zero-order valence-electron chi connectivity index (χ0n) is 21.6. The molecule has 2 rings (SSSR count). The SMILES string of the molecule is C[C@@H]1O[C@@H](OCCNC(=O)CC[C@H](NC(=O)O)C(=O)NCCO[C@@H]2O[C@@H](C)[C@@H](O)[C@@H](O)[C@@H]2O)[C@@H](O)[C@H](O)[C@@H]1O. The predicted molar refractivity (Wildman–Crippen MR) is 127 cm³/mol. The number of carboxylic acid groups (broad SMARTS) is 1. The Morgan fingerprint density at radius 1 is 0.744 bits per heavy atom. The zero-order valence-corrected chi connectivity index (χ0v) is 21.6. The van der Waals surface area contributed by atoms with Gasteiger partial charge in [0.2, 0.25) is 11.8 Å². The lowest BCUT2D eigenvalue weighted by Crippen LogP contribution is -2.57. The minimum Gasteiger partial charge on any atom is -0.465 e. The van der Waals surface area contributed by atoms with Crippen molar-refractivity contribution in [3.8, 4) is 0 Å². The first kappa shape index (κ1) is 33.0. The van der Waals surface area contributed by atoms with E-state index in [0.29, 0.717) is 0 Å². The predicted octanol–water partition coefficient (Wildman–Crippen LogP) is -4.68. The topological polar surface area (TPSA) is 266 Å². The minimum atomic E-state index is -1.51. The molecule has 2 fully saturated rings. The van der Waals surface area contributed by atoms with Crippen LogP contribution in [0.15, 0.2) is 0 Å². The van der Waals surface area contributed by atoms with Crippen molar-refractivity contribution in [3.05, 3.63) is 0 Å². The molecule has 0 radical (unpaired) electrons. The highest BCUT2D eigenvalue weighted by atomic mass is 16.7. The molecule has 17 heteroatoms. The first-order valence-corrected chi connectivity index (χ1v) is 12.5. The largest absolute Gasteiger partial charge is 0.465 e. The molecular weight excluding hydrogens is 530 g/mol. The molecule has 0 aromatic rings. The van der Waals surface area contributed by atoms with Crippen LogP contribution in [0.3, 0.4) is 0 Å². The minimum absolute atomic E-state index is 0.0154. The molecule has 226 valence electrons. The van der Waals surface area contributed by atoms with Gasteiger partial charge in [-0.3, -0.25) is 9.59 Å². The molecule has 0 aromatic carbocycles. The second kappa shape index (κ2) is 15.6. The van der Waals surface area contributed by atoms with Crippen LogP contribution in [0, 0.1) is 0 Å². The molecule has 17 nitrogen and oxygen atoms in total. The smallest absolute Gasteiger partial charge is 0.405 e.